The van der Waals surface area contributed by atoms with Gasteiger partial charge < -0.3 is 10.1 Å². The van der Waals surface area contributed by atoms with Crippen LogP contribution in [0, 0.1) is 19.7 Å². The molecule has 0 radical (unpaired) electrons. The van der Waals surface area contributed by atoms with E-state index in [2.05, 4.69) is 11.4 Å². The van der Waals surface area contributed by atoms with Gasteiger partial charge in [-0.05, 0) is 55.7 Å². The number of carbonyl (C=O) groups is 1. The fourth-order valence-corrected chi connectivity index (χ4v) is 3.29. The van der Waals surface area contributed by atoms with Crippen molar-refractivity contribution in [1.82, 2.24) is 5.32 Å². The monoisotopic (exact) mass is 361 g/mol. The number of amides is 1. The summed E-state index contributed by atoms with van der Waals surface area (Å²) >= 11 is 1.59. The Hall–Kier alpha value is -2.01. The van der Waals surface area contributed by atoms with E-state index in [1.807, 2.05) is 32.0 Å². The minimum absolute atomic E-state index is 0.148. The quantitative estimate of drug-likeness (QED) is 0.714. The van der Waals surface area contributed by atoms with Gasteiger partial charge in [-0.25, -0.2) is 4.39 Å². The van der Waals surface area contributed by atoms with Crippen LogP contribution in [0.1, 0.15) is 23.6 Å². The van der Waals surface area contributed by atoms with E-state index in [9.17, 15) is 9.18 Å². The number of halogens is 1. The molecular formula is C20H24FNO2S. The highest BCUT2D eigenvalue weighted by Crippen LogP contribution is 2.18. The molecule has 0 fully saturated rings. The van der Waals surface area contributed by atoms with Crippen molar-refractivity contribution in [2.45, 2.75) is 32.6 Å². The summed E-state index contributed by atoms with van der Waals surface area (Å²) in [4.78, 5) is 12.1. The van der Waals surface area contributed by atoms with Crippen LogP contribution in [0.25, 0.3) is 0 Å². The van der Waals surface area contributed by atoms with Gasteiger partial charge in [0.15, 0.2) is 6.10 Å². The molecule has 1 N–H and O–H groups in total. The first-order chi connectivity index (χ1) is 12.0. The molecule has 0 spiro atoms. The minimum atomic E-state index is -0.558. The molecule has 0 unspecified atom stereocenters. The average molecular weight is 361 g/mol. The van der Waals surface area contributed by atoms with Crippen molar-refractivity contribution in [3.63, 3.8) is 0 Å². The molecule has 0 heterocycles. The molecule has 25 heavy (non-hydrogen) atoms. The Morgan fingerprint density at radius 1 is 1.20 bits per heavy atom. The Morgan fingerprint density at radius 2 is 1.88 bits per heavy atom. The van der Waals surface area contributed by atoms with E-state index in [0.717, 1.165) is 16.9 Å². The second-order valence-corrected chi connectivity index (χ2v) is 7.12. The normalized spacial score (nSPS) is 11.8. The highest BCUT2D eigenvalue weighted by molar-refractivity contribution is 7.98. The third kappa shape index (κ3) is 6.42. The zero-order valence-electron chi connectivity index (χ0n) is 14.8. The summed E-state index contributed by atoms with van der Waals surface area (Å²) in [6.45, 7) is 6.26. The van der Waals surface area contributed by atoms with E-state index < -0.39 is 6.10 Å². The second kappa shape index (κ2) is 9.47. The van der Waals surface area contributed by atoms with Crippen molar-refractivity contribution in [3.8, 4) is 5.75 Å². The van der Waals surface area contributed by atoms with Gasteiger partial charge in [0.2, 0.25) is 0 Å². The number of thioether (sulfide) groups is 1. The average Bonchev–Trinajstić information content (AvgIpc) is 2.55. The lowest BCUT2D eigenvalue weighted by Gasteiger charge is -2.15. The van der Waals surface area contributed by atoms with Gasteiger partial charge in [0.1, 0.15) is 11.6 Å². The molecule has 0 saturated carbocycles. The number of rotatable bonds is 8. The van der Waals surface area contributed by atoms with Crippen molar-refractivity contribution in [2.75, 3.05) is 12.3 Å². The Kier molecular flexibility index (Phi) is 7.31. The predicted molar refractivity (Wildman–Crippen MR) is 102 cm³/mol. The van der Waals surface area contributed by atoms with Crippen molar-refractivity contribution in [3.05, 3.63) is 65.0 Å². The third-order valence-corrected chi connectivity index (χ3v) is 4.65. The molecule has 3 nitrogen and oxygen atoms in total. The third-order valence-electron chi connectivity index (χ3n) is 3.64. The summed E-state index contributed by atoms with van der Waals surface area (Å²) in [5.41, 5.74) is 2.89. The molecule has 2 aromatic carbocycles. The molecule has 2 aromatic rings. The number of hydrogen-bond donors (Lipinski definition) is 1. The Bertz CT molecular complexity index is 700. The number of nitrogens with one attached hydrogen (secondary N) is 1. The van der Waals surface area contributed by atoms with Crippen LogP contribution in [0.4, 0.5) is 4.39 Å². The van der Waals surface area contributed by atoms with Crippen molar-refractivity contribution in [1.29, 1.82) is 0 Å². The first kappa shape index (κ1) is 19.3. The fraction of sp³-hybridized carbons (Fsp3) is 0.350. The first-order valence-electron chi connectivity index (χ1n) is 8.29. The molecule has 0 aliphatic carbocycles. The zero-order chi connectivity index (χ0) is 18.2. The van der Waals surface area contributed by atoms with Gasteiger partial charge in [-0.2, -0.15) is 11.8 Å². The van der Waals surface area contributed by atoms with Crippen LogP contribution in [0.2, 0.25) is 0 Å². The molecule has 5 heteroatoms. The molecule has 0 aliphatic heterocycles. The maximum absolute atomic E-state index is 13.5. The summed E-state index contributed by atoms with van der Waals surface area (Å²) in [5, 5.41) is 2.85. The van der Waals surface area contributed by atoms with Crippen LogP contribution >= 0.6 is 11.8 Å². The van der Waals surface area contributed by atoms with Crippen LogP contribution < -0.4 is 10.1 Å². The van der Waals surface area contributed by atoms with Gasteiger partial charge >= 0.3 is 0 Å². The number of ether oxygens (including phenoxy) is 1. The van der Waals surface area contributed by atoms with Crippen LogP contribution in [0.5, 0.6) is 5.75 Å². The number of carbonyl (C=O) groups excluding carboxylic acids is 1. The molecule has 0 aromatic heterocycles. The Labute approximate surface area is 153 Å². The largest absolute Gasteiger partial charge is 0.481 e. The van der Waals surface area contributed by atoms with Crippen molar-refractivity contribution >= 4 is 17.7 Å². The minimum Gasteiger partial charge on any atom is -0.481 e. The number of benzene rings is 2. The highest BCUT2D eigenvalue weighted by atomic mass is 32.2. The molecule has 134 valence electrons. The van der Waals surface area contributed by atoms with E-state index in [1.54, 1.807) is 30.8 Å². The summed E-state index contributed by atoms with van der Waals surface area (Å²) in [6, 6.07) is 12.6. The van der Waals surface area contributed by atoms with E-state index in [4.69, 9.17) is 4.74 Å². The number of aryl methyl sites for hydroxylation is 2. The molecular weight excluding hydrogens is 337 g/mol. The summed E-state index contributed by atoms with van der Waals surface area (Å²) in [6.07, 6.45) is -0.558. The number of hydrogen-bond acceptors (Lipinski definition) is 3. The highest BCUT2D eigenvalue weighted by Gasteiger charge is 2.14. The van der Waals surface area contributed by atoms with E-state index in [-0.39, 0.29) is 11.7 Å². The summed E-state index contributed by atoms with van der Waals surface area (Å²) in [7, 11) is 0. The molecule has 0 saturated heterocycles. The van der Waals surface area contributed by atoms with Gasteiger partial charge in [-0.15, -0.1) is 0 Å². The lowest BCUT2D eigenvalue weighted by molar-refractivity contribution is -0.127. The van der Waals surface area contributed by atoms with Gasteiger partial charge in [0.05, 0.1) is 0 Å². The van der Waals surface area contributed by atoms with Gasteiger partial charge in [-0.3, -0.25) is 4.79 Å². The van der Waals surface area contributed by atoms with Gasteiger partial charge in [0, 0.05) is 18.1 Å². The zero-order valence-corrected chi connectivity index (χ0v) is 15.7. The summed E-state index contributed by atoms with van der Waals surface area (Å²) in [5.74, 6) is 1.68. The SMILES string of the molecule is Cc1cc(C)cc(O[C@@H](C)C(=O)NCCSCc2ccccc2F)c1. The summed E-state index contributed by atoms with van der Waals surface area (Å²) < 4.78 is 19.2. The fourth-order valence-electron chi connectivity index (χ4n) is 2.45. The van der Waals surface area contributed by atoms with E-state index >= 15 is 0 Å². The molecule has 0 bridgehead atoms. The van der Waals surface area contributed by atoms with Crippen molar-refractivity contribution in [2.24, 2.45) is 0 Å². The molecule has 1 atom stereocenters. The predicted octanol–water partition coefficient (Wildman–Crippen LogP) is 4.26. The van der Waals surface area contributed by atoms with Gasteiger partial charge in [-0.1, -0.05) is 24.3 Å². The Morgan fingerprint density at radius 3 is 2.56 bits per heavy atom. The molecule has 1 amide bonds. The Balaban J connectivity index is 1.70. The van der Waals surface area contributed by atoms with Crippen LogP contribution in [-0.2, 0) is 10.5 Å². The van der Waals surface area contributed by atoms with E-state index in [1.165, 1.54) is 6.07 Å². The van der Waals surface area contributed by atoms with Crippen molar-refractivity contribution < 1.29 is 13.9 Å². The lowest BCUT2D eigenvalue weighted by atomic mass is 10.1. The standard InChI is InChI=1S/C20H24FNO2S/c1-14-10-15(2)12-18(11-14)24-16(3)20(23)22-8-9-25-13-17-6-4-5-7-19(17)21/h4-7,10-12,16H,8-9,13H2,1-3H3,(H,22,23)/t16-/m0/s1. The maximum Gasteiger partial charge on any atom is 0.260 e. The molecule has 2 rings (SSSR count). The maximum atomic E-state index is 13.5. The molecule has 0 aliphatic rings. The van der Waals surface area contributed by atoms with Crippen LogP contribution in [0.15, 0.2) is 42.5 Å². The topological polar surface area (TPSA) is 38.3 Å². The lowest BCUT2D eigenvalue weighted by Crippen LogP contribution is -2.37. The van der Waals surface area contributed by atoms with Crippen LogP contribution in [-0.4, -0.2) is 24.3 Å². The van der Waals surface area contributed by atoms with Crippen LogP contribution in [0.3, 0.4) is 0 Å². The first-order valence-corrected chi connectivity index (χ1v) is 9.45. The van der Waals surface area contributed by atoms with Gasteiger partial charge in [0.25, 0.3) is 5.91 Å². The smallest absolute Gasteiger partial charge is 0.260 e. The van der Waals surface area contributed by atoms with E-state index in [0.29, 0.717) is 23.6 Å². The second-order valence-electron chi connectivity index (χ2n) is 6.02.